The number of carbonyl (C=O) groups is 3. The highest BCUT2D eigenvalue weighted by atomic mass is 79.9. The first kappa shape index (κ1) is 26.9. The molecule has 0 spiro atoms. The number of hydrogen-bond donors (Lipinski definition) is 1. The van der Waals surface area contributed by atoms with Crippen LogP contribution in [0.4, 0.5) is 0 Å². The molecule has 0 saturated heterocycles. The van der Waals surface area contributed by atoms with E-state index < -0.39 is 27.5 Å². The van der Waals surface area contributed by atoms with Gasteiger partial charge in [-0.05, 0) is 63.9 Å². The third-order valence-electron chi connectivity index (χ3n) is 5.57. The van der Waals surface area contributed by atoms with Crippen LogP contribution in [0, 0.1) is 0 Å². The summed E-state index contributed by atoms with van der Waals surface area (Å²) in [5.41, 5.74) is 0.522. The molecule has 10 heteroatoms. The summed E-state index contributed by atoms with van der Waals surface area (Å²) in [5.74, 6) is -1.17. The number of sulfonamides is 1. The number of rotatable bonds is 8. The van der Waals surface area contributed by atoms with Crippen LogP contribution >= 0.6 is 15.9 Å². The Kier molecular flexibility index (Phi) is 8.06. The molecule has 8 nitrogen and oxygen atoms in total. The summed E-state index contributed by atoms with van der Waals surface area (Å²) in [7, 11) is -3.93. The number of nitrogens with zero attached hydrogens (tertiary/aromatic N) is 2. The fourth-order valence-corrected chi connectivity index (χ4v) is 5.91. The highest BCUT2D eigenvalue weighted by Gasteiger charge is 2.40. The fraction of sp³-hybridized carbons (Fsp3) is 0.400. The molecule has 0 radical (unpaired) electrons. The molecule has 0 saturated carbocycles. The molecule has 1 aliphatic heterocycles. The Bertz CT molecular complexity index is 1240. The van der Waals surface area contributed by atoms with Crippen LogP contribution in [0.25, 0.3) is 0 Å². The van der Waals surface area contributed by atoms with Crippen molar-refractivity contribution in [2.45, 2.75) is 63.6 Å². The van der Waals surface area contributed by atoms with E-state index in [9.17, 15) is 22.8 Å². The van der Waals surface area contributed by atoms with Crippen molar-refractivity contribution in [1.82, 2.24) is 14.5 Å². The molecular weight excluding hydrogens is 534 g/mol. The molecule has 0 fully saturated rings. The number of carbonyl (C=O) groups excluding carboxylic acids is 3. The van der Waals surface area contributed by atoms with Crippen molar-refractivity contribution in [3.8, 4) is 0 Å². The fourth-order valence-electron chi connectivity index (χ4n) is 3.86. The van der Waals surface area contributed by atoms with Gasteiger partial charge in [0.2, 0.25) is 11.8 Å². The maximum Gasteiger partial charge on any atom is 0.269 e. The number of amides is 3. The van der Waals surface area contributed by atoms with E-state index in [0.29, 0.717) is 0 Å². The molecule has 0 aliphatic carbocycles. The number of halogens is 1. The summed E-state index contributed by atoms with van der Waals surface area (Å²) in [6.07, 6.45) is 0.122. The highest BCUT2D eigenvalue weighted by Crippen LogP contribution is 2.30. The molecule has 35 heavy (non-hydrogen) atoms. The number of hydrogen-bond acceptors (Lipinski definition) is 5. The Balaban J connectivity index is 1.73. The average molecular weight is 565 g/mol. The molecule has 0 bridgehead atoms. The topological polar surface area (TPSA) is 104 Å². The van der Waals surface area contributed by atoms with Crippen molar-refractivity contribution in [3.05, 3.63) is 64.1 Å². The van der Waals surface area contributed by atoms with Crippen molar-refractivity contribution in [1.29, 1.82) is 0 Å². The first-order valence-corrected chi connectivity index (χ1v) is 13.6. The van der Waals surface area contributed by atoms with Crippen molar-refractivity contribution >= 4 is 43.7 Å². The van der Waals surface area contributed by atoms with Crippen LogP contribution < -0.4 is 5.32 Å². The first-order chi connectivity index (χ1) is 16.3. The van der Waals surface area contributed by atoms with Gasteiger partial charge in [0.25, 0.3) is 15.9 Å². The molecule has 1 atom stereocenters. The molecule has 0 aromatic heterocycles. The molecule has 2 aromatic carbocycles. The van der Waals surface area contributed by atoms with Crippen molar-refractivity contribution in [2.24, 2.45) is 0 Å². The second-order valence-electron chi connectivity index (χ2n) is 9.55. The van der Waals surface area contributed by atoms with E-state index in [2.05, 4.69) is 21.2 Å². The Morgan fingerprint density at radius 3 is 2.43 bits per heavy atom. The van der Waals surface area contributed by atoms with Gasteiger partial charge >= 0.3 is 0 Å². The molecule has 188 valence electrons. The lowest BCUT2D eigenvalue weighted by atomic mass is 10.1. The molecule has 3 rings (SSSR count). The molecular formula is C25H30BrN3O5S. The largest absolute Gasteiger partial charge is 0.350 e. The van der Waals surface area contributed by atoms with E-state index >= 15 is 0 Å². The minimum absolute atomic E-state index is 0.0138. The quantitative estimate of drug-likeness (QED) is 0.527. The summed E-state index contributed by atoms with van der Waals surface area (Å²) >= 11 is 3.43. The van der Waals surface area contributed by atoms with Gasteiger partial charge < -0.3 is 10.2 Å². The Morgan fingerprint density at radius 2 is 1.80 bits per heavy atom. The molecule has 3 amide bonds. The van der Waals surface area contributed by atoms with Gasteiger partial charge in [-0.2, -0.15) is 0 Å². The van der Waals surface area contributed by atoms with Crippen molar-refractivity contribution in [2.75, 3.05) is 6.54 Å². The van der Waals surface area contributed by atoms with E-state index in [1.807, 2.05) is 45.0 Å². The minimum Gasteiger partial charge on any atom is -0.350 e. The van der Waals surface area contributed by atoms with Gasteiger partial charge in [0.1, 0.15) is 10.9 Å². The van der Waals surface area contributed by atoms with Gasteiger partial charge in [-0.25, -0.2) is 12.7 Å². The standard InChI is InChI=1S/C25H30BrN3O5S/c1-17(23(31)27-25(2,3)4)28(16-18-9-7-10-19(26)15-18)22(30)13-8-14-29-24(32)20-11-5-6-12-21(20)35(29,33)34/h5-7,9-12,15,17H,8,13-14,16H2,1-4H3,(H,27,31)/t17-/m1/s1. The zero-order valence-corrected chi connectivity index (χ0v) is 22.6. The van der Waals surface area contributed by atoms with E-state index in [4.69, 9.17) is 0 Å². The molecule has 1 aliphatic rings. The lowest BCUT2D eigenvalue weighted by Crippen LogP contribution is -2.52. The number of benzene rings is 2. The van der Waals surface area contributed by atoms with Gasteiger partial charge in [-0.15, -0.1) is 0 Å². The highest BCUT2D eigenvalue weighted by molar-refractivity contribution is 9.10. The second kappa shape index (κ2) is 10.5. The van der Waals surface area contributed by atoms with Crippen LogP contribution in [0.3, 0.4) is 0 Å². The van der Waals surface area contributed by atoms with Crippen molar-refractivity contribution in [3.63, 3.8) is 0 Å². The van der Waals surface area contributed by atoms with E-state index in [0.717, 1.165) is 14.3 Å². The molecule has 0 unspecified atom stereocenters. The SMILES string of the molecule is C[C@H](C(=O)NC(C)(C)C)N(Cc1cccc(Br)c1)C(=O)CCCN1C(=O)c2ccccc2S1(=O)=O. The Labute approximate surface area is 214 Å². The Hall–Kier alpha value is -2.72. The maximum atomic E-state index is 13.3. The second-order valence-corrected chi connectivity index (χ2v) is 12.3. The lowest BCUT2D eigenvalue weighted by molar-refractivity contribution is -0.141. The van der Waals surface area contributed by atoms with Crippen LogP contribution in [0.5, 0.6) is 0 Å². The zero-order valence-electron chi connectivity index (χ0n) is 20.2. The number of fused-ring (bicyclic) bond motifs is 1. The smallest absolute Gasteiger partial charge is 0.269 e. The average Bonchev–Trinajstić information content (AvgIpc) is 2.96. The summed E-state index contributed by atoms with van der Waals surface area (Å²) in [4.78, 5) is 40.2. The van der Waals surface area contributed by atoms with Crippen molar-refractivity contribution < 1.29 is 22.8 Å². The first-order valence-electron chi connectivity index (χ1n) is 11.3. The molecule has 1 heterocycles. The van der Waals surface area contributed by atoms with E-state index in [-0.39, 0.29) is 48.2 Å². The van der Waals surface area contributed by atoms with Gasteiger partial charge in [0.05, 0.1) is 5.56 Å². The monoisotopic (exact) mass is 563 g/mol. The summed E-state index contributed by atoms with van der Waals surface area (Å²) in [6.45, 7) is 7.36. The van der Waals surface area contributed by atoms with Gasteiger partial charge in [-0.1, -0.05) is 40.2 Å². The van der Waals surface area contributed by atoms with Crippen LogP contribution in [-0.4, -0.2) is 53.5 Å². The Morgan fingerprint density at radius 1 is 1.11 bits per heavy atom. The van der Waals surface area contributed by atoms with E-state index in [1.165, 1.54) is 17.0 Å². The minimum atomic E-state index is -3.93. The van der Waals surface area contributed by atoms with Gasteiger partial charge in [0.15, 0.2) is 0 Å². The number of nitrogens with one attached hydrogen (secondary N) is 1. The van der Waals surface area contributed by atoms with Crippen LogP contribution in [0.15, 0.2) is 57.9 Å². The molecule has 2 aromatic rings. The lowest BCUT2D eigenvalue weighted by Gasteiger charge is -2.31. The third kappa shape index (κ3) is 6.29. The summed E-state index contributed by atoms with van der Waals surface area (Å²) < 4.78 is 27.2. The van der Waals surface area contributed by atoms with E-state index in [1.54, 1.807) is 19.1 Å². The summed E-state index contributed by atoms with van der Waals surface area (Å²) in [6, 6.07) is 12.8. The maximum absolute atomic E-state index is 13.3. The molecule has 1 N–H and O–H groups in total. The van der Waals surface area contributed by atoms with Crippen LogP contribution in [-0.2, 0) is 26.2 Å². The van der Waals surface area contributed by atoms with Gasteiger partial charge in [-0.3, -0.25) is 14.4 Å². The third-order valence-corrected chi connectivity index (χ3v) is 7.91. The zero-order chi connectivity index (χ0) is 26.0. The normalized spacial score (nSPS) is 15.5. The predicted octanol–water partition coefficient (Wildman–Crippen LogP) is 3.71. The van der Waals surface area contributed by atoms with Crippen LogP contribution in [0.2, 0.25) is 0 Å². The van der Waals surface area contributed by atoms with Crippen LogP contribution in [0.1, 0.15) is 56.5 Å². The van der Waals surface area contributed by atoms with Gasteiger partial charge in [0, 0.05) is 29.5 Å². The summed E-state index contributed by atoms with van der Waals surface area (Å²) in [5, 5.41) is 2.90. The predicted molar refractivity (Wildman–Crippen MR) is 136 cm³/mol.